The highest BCUT2D eigenvalue weighted by Gasteiger charge is 2.26. The lowest BCUT2D eigenvalue weighted by atomic mass is 9.99. The Hall–Kier alpha value is -4.56. The van der Waals surface area contributed by atoms with E-state index in [1.165, 1.54) is 0 Å². The molecule has 0 radical (unpaired) electrons. The summed E-state index contributed by atoms with van der Waals surface area (Å²) < 4.78 is 3.72. The molecule has 0 saturated carbocycles. The van der Waals surface area contributed by atoms with Crippen LogP contribution in [0.4, 0.5) is 0 Å². The van der Waals surface area contributed by atoms with Crippen LogP contribution in [0, 0.1) is 6.92 Å². The number of hydrogen-bond acceptors (Lipinski definition) is 5. The van der Waals surface area contributed by atoms with Gasteiger partial charge in [-0.15, -0.1) is 0 Å². The van der Waals surface area contributed by atoms with Crippen LogP contribution in [-0.4, -0.2) is 37.4 Å². The molecule has 5 rings (SSSR count). The van der Waals surface area contributed by atoms with E-state index < -0.39 is 11.9 Å². The van der Waals surface area contributed by atoms with Gasteiger partial charge in [-0.25, -0.2) is 4.98 Å². The van der Waals surface area contributed by atoms with Gasteiger partial charge in [0.25, 0.3) is 0 Å². The van der Waals surface area contributed by atoms with Crippen LogP contribution in [0.25, 0.3) is 16.6 Å². The second-order valence-corrected chi connectivity index (χ2v) is 9.06. The third-order valence-electron chi connectivity index (χ3n) is 6.48. The highest BCUT2D eigenvalue weighted by Crippen LogP contribution is 2.25. The summed E-state index contributed by atoms with van der Waals surface area (Å²) >= 11 is 0. The first-order valence-electron chi connectivity index (χ1n) is 12.1. The molecule has 1 atom stereocenters. The number of Topliss-reactive ketones (excluding diaryl/α,β-unsaturated/α-hetero) is 1. The maximum atomic E-state index is 13.9. The lowest BCUT2D eigenvalue weighted by molar-refractivity contribution is 0.0939. The van der Waals surface area contributed by atoms with Crippen molar-refractivity contribution in [1.82, 2.24) is 24.5 Å². The summed E-state index contributed by atoms with van der Waals surface area (Å²) in [5.74, 6) is 0.204. The summed E-state index contributed by atoms with van der Waals surface area (Å²) in [4.78, 5) is 29.9. The Kier molecular flexibility index (Phi) is 6.66. The van der Waals surface area contributed by atoms with E-state index in [0.29, 0.717) is 24.2 Å². The van der Waals surface area contributed by atoms with Gasteiger partial charge in [0, 0.05) is 42.7 Å². The normalized spacial score (nSPS) is 12.1. The lowest BCUT2D eigenvalue weighted by Crippen LogP contribution is -2.30. The van der Waals surface area contributed by atoms with Crippen LogP contribution in [0.5, 0.6) is 0 Å². The molecule has 1 unspecified atom stereocenters. The Labute approximate surface area is 214 Å². The number of aromatic nitrogens is 4. The first-order chi connectivity index (χ1) is 17.9. The van der Waals surface area contributed by atoms with Crippen molar-refractivity contribution in [3.63, 3.8) is 0 Å². The van der Waals surface area contributed by atoms with Gasteiger partial charge in [0.15, 0.2) is 0 Å². The predicted molar refractivity (Wildman–Crippen MR) is 142 cm³/mol. The lowest BCUT2D eigenvalue weighted by Gasteiger charge is -2.18. The molecular formula is C29H28N6O2. The minimum Gasteiger partial charge on any atom is -0.366 e. The Bertz CT molecular complexity index is 1570. The number of rotatable bonds is 9. The molecule has 0 bridgehead atoms. The maximum Gasteiger partial charge on any atom is 0.248 e. The van der Waals surface area contributed by atoms with E-state index in [2.05, 4.69) is 15.4 Å². The van der Waals surface area contributed by atoms with Crippen molar-refractivity contribution in [3.8, 4) is 11.1 Å². The molecular weight excluding hydrogens is 464 g/mol. The van der Waals surface area contributed by atoms with Gasteiger partial charge in [0.2, 0.25) is 11.7 Å². The molecule has 3 aromatic heterocycles. The van der Waals surface area contributed by atoms with Crippen LogP contribution in [0.1, 0.15) is 43.8 Å². The van der Waals surface area contributed by atoms with Gasteiger partial charge in [-0.1, -0.05) is 48.5 Å². The third kappa shape index (κ3) is 5.05. The fourth-order valence-corrected chi connectivity index (χ4v) is 4.50. The Balaban J connectivity index is 1.41. The number of nitrogens with zero attached hydrogens (tertiary/aromatic N) is 4. The Morgan fingerprint density at radius 1 is 0.973 bits per heavy atom. The van der Waals surface area contributed by atoms with E-state index in [0.717, 1.165) is 33.6 Å². The van der Waals surface area contributed by atoms with E-state index in [1.807, 2.05) is 91.6 Å². The Morgan fingerprint density at radius 2 is 1.73 bits per heavy atom. The van der Waals surface area contributed by atoms with E-state index in [1.54, 1.807) is 16.8 Å². The molecule has 0 saturated heterocycles. The van der Waals surface area contributed by atoms with Gasteiger partial charge in [-0.2, -0.15) is 5.10 Å². The van der Waals surface area contributed by atoms with Crippen molar-refractivity contribution in [2.24, 2.45) is 12.8 Å². The molecule has 186 valence electrons. The zero-order valence-electron chi connectivity index (χ0n) is 20.8. The van der Waals surface area contributed by atoms with Gasteiger partial charge >= 0.3 is 0 Å². The molecule has 0 aliphatic rings. The summed E-state index contributed by atoms with van der Waals surface area (Å²) in [5, 5.41) is 7.69. The molecule has 8 heteroatoms. The number of amides is 1. The zero-order chi connectivity index (χ0) is 25.9. The standard InChI is InChI=1S/C29H28N6O2/c1-19-33-27(25-13-12-23(18-35(19)25)24-16-32-34(2)17-24)28(36)26(21-6-4-3-5-7-21)31-15-14-20-8-10-22(11-9-20)29(30)37/h3-13,16-18,26,31H,14-15H2,1-2H3,(H2,30,37). The number of imidazole rings is 1. The number of primary amides is 1. The van der Waals surface area contributed by atoms with Gasteiger partial charge in [-0.05, 0) is 42.7 Å². The first-order valence-corrected chi connectivity index (χ1v) is 12.1. The second-order valence-electron chi connectivity index (χ2n) is 9.06. The number of carbonyl (C=O) groups excluding carboxylic acids is 2. The number of hydrogen-bond donors (Lipinski definition) is 2. The minimum absolute atomic E-state index is 0.0880. The van der Waals surface area contributed by atoms with Gasteiger partial charge < -0.3 is 15.5 Å². The fraction of sp³-hybridized carbons (Fsp3) is 0.172. The number of ketones is 1. The molecule has 0 aliphatic heterocycles. The molecule has 37 heavy (non-hydrogen) atoms. The van der Waals surface area contributed by atoms with Gasteiger partial charge in [0.05, 0.1) is 17.8 Å². The third-order valence-corrected chi connectivity index (χ3v) is 6.48. The first kappa shape index (κ1) is 24.1. The number of carbonyl (C=O) groups is 2. The van der Waals surface area contributed by atoms with Crippen molar-refractivity contribution < 1.29 is 9.59 Å². The molecule has 2 aromatic carbocycles. The summed E-state index contributed by atoms with van der Waals surface area (Å²) in [6, 6.07) is 20.3. The molecule has 0 fully saturated rings. The molecule has 3 heterocycles. The van der Waals surface area contributed by atoms with Crippen LogP contribution in [0.3, 0.4) is 0 Å². The van der Waals surface area contributed by atoms with Gasteiger partial charge in [0.1, 0.15) is 11.5 Å². The van der Waals surface area contributed by atoms with Crippen LogP contribution >= 0.6 is 0 Å². The average molecular weight is 493 g/mol. The number of nitrogens with two attached hydrogens (primary N) is 1. The fourth-order valence-electron chi connectivity index (χ4n) is 4.50. The number of aryl methyl sites for hydroxylation is 2. The topological polar surface area (TPSA) is 107 Å². The van der Waals surface area contributed by atoms with E-state index in [9.17, 15) is 9.59 Å². The molecule has 0 spiro atoms. The summed E-state index contributed by atoms with van der Waals surface area (Å²) in [6.07, 6.45) is 6.45. The van der Waals surface area contributed by atoms with Crippen molar-refractivity contribution >= 4 is 17.2 Å². The maximum absolute atomic E-state index is 13.9. The second kappa shape index (κ2) is 10.2. The quantitative estimate of drug-likeness (QED) is 0.304. The van der Waals surface area contributed by atoms with Crippen LogP contribution in [0.2, 0.25) is 0 Å². The molecule has 1 amide bonds. The number of benzene rings is 2. The summed E-state index contributed by atoms with van der Waals surface area (Å²) in [5.41, 5.74) is 10.9. The Morgan fingerprint density at radius 3 is 2.41 bits per heavy atom. The average Bonchev–Trinajstić information content (AvgIpc) is 3.50. The van der Waals surface area contributed by atoms with E-state index >= 15 is 0 Å². The molecule has 8 nitrogen and oxygen atoms in total. The molecule has 3 N–H and O–H groups in total. The number of pyridine rings is 1. The molecule has 0 aliphatic carbocycles. The van der Waals surface area contributed by atoms with Crippen LogP contribution in [-0.2, 0) is 13.5 Å². The van der Waals surface area contributed by atoms with Crippen molar-refractivity contribution in [1.29, 1.82) is 0 Å². The van der Waals surface area contributed by atoms with Crippen molar-refractivity contribution in [2.75, 3.05) is 6.54 Å². The summed E-state index contributed by atoms with van der Waals surface area (Å²) in [6.45, 7) is 2.47. The highest BCUT2D eigenvalue weighted by atomic mass is 16.1. The number of fused-ring (bicyclic) bond motifs is 1. The predicted octanol–water partition coefficient (Wildman–Crippen LogP) is 3.90. The van der Waals surface area contributed by atoms with Crippen LogP contribution < -0.4 is 11.1 Å². The van der Waals surface area contributed by atoms with Crippen molar-refractivity contribution in [3.05, 3.63) is 114 Å². The SMILES string of the molecule is Cc1nc(C(=O)C(NCCc2ccc(C(N)=O)cc2)c2ccccc2)c2ccc(-c3cnn(C)c3)cn12. The highest BCUT2D eigenvalue weighted by molar-refractivity contribution is 6.04. The van der Waals surface area contributed by atoms with E-state index in [4.69, 9.17) is 5.73 Å². The largest absolute Gasteiger partial charge is 0.366 e. The summed E-state index contributed by atoms with van der Waals surface area (Å²) in [7, 11) is 1.88. The zero-order valence-corrected chi connectivity index (χ0v) is 20.8. The minimum atomic E-state index is -0.554. The van der Waals surface area contributed by atoms with E-state index in [-0.39, 0.29) is 5.78 Å². The monoisotopic (exact) mass is 492 g/mol. The van der Waals surface area contributed by atoms with Crippen LogP contribution in [0.15, 0.2) is 85.3 Å². The number of nitrogens with one attached hydrogen (secondary N) is 1. The molecule has 5 aromatic rings. The van der Waals surface area contributed by atoms with Gasteiger partial charge in [-0.3, -0.25) is 14.3 Å². The smallest absolute Gasteiger partial charge is 0.248 e. The van der Waals surface area contributed by atoms with Crippen molar-refractivity contribution in [2.45, 2.75) is 19.4 Å².